The Kier molecular flexibility index (Phi) is 3.95. The van der Waals surface area contributed by atoms with Crippen molar-refractivity contribution < 1.29 is 4.74 Å². The molecular weight excluding hydrogens is 260 g/mol. The van der Waals surface area contributed by atoms with Gasteiger partial charge in [-0.1, -0.05) is 36.4 Å². The van der Waals surface area contributed by atoms with E-state index in [1.54, 1.807) is 7.11 Å². The minimum Gasteiger partial charge on any atom is -0.496 e. The highest BCUT2D eigenvalue weighted by Crippen LogP contribution is 2.41. The Morgan fingerprint density at radius 3 is 2.81 bits per heavy atom. The molecule has 2 atom stereocenters. The molecule has 21 heavy (non-hydrogen) atoms. The summed E-state index contributed by atoms with van der Waals surface area (Å²) in [6.45, 7) is 2.07. The Morgan fingerprint density at radius 1 is 1.29 bits per heavy atom. The Hall–Kier alpha value is -1.84. The Morgan fingerprint density at radius 2 is 2.10 bits per heavy atom. The molecule has 0 bridgehead atoms. The molecule has 3 rings (SSSR count). The van der Waals surface area contributed by atoms with Gasteiger partial charge in [-0.15, -0.1) is 0 Å². The molecule has 3 N–H and O–H groups in total. The summed E-state index contributed by atoms with van der Waals surface area (Å²) in [4.78, 5) is 0. The third-order valence-electron chi connectivity index (χ3n) is 4.45. The number of methoxy groups -OCH3 is 1. The Balaban J connectivity index is 1.81. The lowest BCUT2D eigenvalue weighted by atomic mass is 9.74. The van der Waals surface area contributed by atoms with Gasteiger partial charge in [-0.2, -0.15) is 0 Å². The lowest BCUT2D eigenvalue weighted by molar-refractivity contribution is 0.383. The molecule has 2 aromatic rings. The van der Waals surface area contributed by atoms with Crippen LogP contribution in [-0.4, -0.2) is 7.11 Å². The molecule has 0 aliphatic heterocycles. The van der Waals surface area contributed by atoms with Crippen LogP contribution < -0.4 is 16.0 Å². The fourth-order valence-electron chi connectivity index (χ4n) is 3.25. The van der Waals surface area contributed by atoms with E-state index in [-0.39, 0.29) is 6.04 Å². The van der Waals surface area contributed by atoms with E-state index in [0.29, 0.717) is 5.92 Å². The van der Waals surface area contributed by atoms with Gasteiger partial charge in [0.05, 0.1) is 13.2 Å². The molecule has 1 aliphatic carbocycles. The van der Waals surface area contributed by atoms with Gasteiger partial charge in [-0.25, -0.2) is 0 Å². The van der Waals surface area contributed by atoms with Gasteiger partial charge in [-0.3, -0.25) is 11.3 Å². The average molecular weight is 282 g/mol. The molecule has 0 radical (unpaired) electrons. The summed E-state index contributed by atoms with van der Waals surface area (Å²) in [6.07, 6.45) is 2.13. The van der Waals surface area contributed by atoms with Gasteiger partial charge in [0.15, 0.2) is 0 Å². The third-order valence-corrected chi connectivity index (χ3v) is 4.45. The maximum absolute atomic E-state index is 5.81. The van der Waals surface area contributed by atoms with Crippen LogP contribution in [0.25, 0.3) is 0 Å². The quantitative estimate of drug-likeness (QED) is 0.654. The third kappa shape index (κ3) is 2.67. The van der Waals surface area contributed by atoms with Crippen LogP contribution in [0.15, 0.2) is 42.5 Å². The van der Waals surface area contributed by atoms with Crippen molar-refractivity contribution in [2.45, 2.75) is 31.7 Å². The zero-order chi connectivity index (χ0) is 14.8. The topological polar surface area (TPSA) is 47.3 Å². The zero-order valence-electron chi connectivity index (χ0n) is 12.6. The number of ether oxygens (including phenoxy) is 1. The second-order valence-corrected chi connectivity index (χ2v) is 5.80. The van der Waals surface area contributed by atoms with Crippen LogP contribution in [0.1, 0.15) is 40.6 Å². The predicted molar refractivity (Wildman–Crippen MR) is 85.3 cm³/mol. The van der Waals surface area contributed by atoms with Crippen LogP contribution in [0, 0.1) is 6.92 Å². The first kappa shape index (κ1) is 14.1. The van der Waals surface area contributed by atoms with E-state index >= 15 is 0 Å². The number of aryl methyl sites for hydroxylation is 1. The van der Waals surface area contributed by atoms with Crippen molar-refractivity contribution in [2.75, 3.05) is 7.11 Å². The van der Waals surface area contributed by atoms with E-state index in [1.165, 1.54) is 16.7 Å². The van der Waals surface area contributed by atoms with Crippen LogP contribution >= 0.6 is 0 Å². The highest BCUT2D eigenvalue weighted by molar-refractivity contribution is 5.42. The molecule has 2 aromatic carbocycles. The summed E-state index contributed by atoms with van der Waals surface area (Å²) in [6, 6.07) is 15.1. The summed E-state index contributed by atoms with van der Waals surface area (Å²) in [5.41, 5.74) is 8.22. The zero-order valence-corrected chi connectivity index (χ0v) is 12.6. The van der Waals surface area contributed by atoms with Crippen LogP contribution in [0.4, 0.5) is 0 Å². The van der Waals surface area contributed by atoms with Gasteiger partial charge in [0.1, 0.15) is 5.75 Å². The van der Waals surface area contributed by atoms with Crippen molar-refractivity contribution in [3.05, 3.63) is 64.7 Å². The van der Waals surface area contributed by atoms with Crippen molar-refractivity contribution in [3.8, 4) is 5.75 Å². The maximum Gasteiger partial charge on any atom is 0.123 e. The summed E-state index contributed by atoms with van der Waals surface area (Å²) in [7, 11) is 1.71. The number of benzene rings is 2. The molecular formula is C18H22N2O. The van der Waals surface area contributed by atoms with Crippen molar-refractivity contribution in [2.24, 2.45) is 5.84 Å². The molecule has 0 spiro atoms. The molecule has 0 saturated carbocycles. The number of hydrazine groups is 1. The molecule has 3 nitrogen and oxygen atoms in total. The van der Waals surface area contributed by atoms with Crippen LogP contribution in [0.5, 0.6) is 5.75 Å². The van der Waals surface area contributed by atoms with E-state index in [0.717, 1.165) is 24.2 Å². The highest BCUT2D eigenvalue weighted by atomic mass is 16.5. The van der Waals surface area contributed by atoms with Crippen molar-refractivity contribution in [3.63, 3.8) is 0 Å². The van der Waals surface area contributed by atoms with E-state index in [2.05, 4.69) is 54.8 Å². The summed E-state index contributed by atoms with van der Waals surface area (Å²) in [5.74, 6) is 7.29. The molecule has 0 heterocycles. The molecule has 1 aliphatic rings. The van der Waals surface area contributed by atoms with Gasteiger partial charge < -0.3 is 4.74 Å². The minimum absolute atomic E-state index is 0.110. The second kappa shape index (κ2) is 5.88. The monoisotopic (exact) mass is 282 g/mol. The number of hydrogen-bond donors (Lipinski definition) is 2. The fraction of sp³-hybridized carbons (Fsp3) is 0.333. The molecule has 3 heteroatoms. The van der Waals surface area contributed by atoms with E-state index in [1.807, 2.05) is 0 Å². The largest absolute Gasteiger partial charge is 0.496 e. The Bertz CT molecular complexity index is 639. The smallest absolute Gasteiger partial charge is 0.123 e. The van der Waals surface area contributed by atoms with Gasteiger partial charge in [0.2, 0.25) is 0 Å². The van der Waals surface area contributed by atoms with Crippen LogP contribution in [0.2, 0.25) is 0 Å². The SMILES string of the molecule is COc1cc(C)ccc1C(CC1Cc2ccccc21)NN. The fourth-order valence-corrected chi connectivity index (χ4v) is 3.25. The van der Waals surface area contributed by atoms with Gasteiger partial charge in [-0.05, 0) is 48.4 Å². The molecule has 0 amide bonds. The minimum atomic E-state index is 0.110. The first-order chi connectivity index (χ1) is 10.2. The normalized spacial score (nSPS) is 17.8. The average Bonchev–Trinajstić information content (AvgIpc) is 2.49. The molecule has 110 valence electrons. The highest BCUT2D eigenvalue weighted by Gasteiger charge is 2.29. The van der Waals surface area contributed by atoms with Gasteiger partial charge >= 0.3 is 0 Å². The van der Waals surface area contributed by atoms with E-state index < -0.39 is 0 Å². The predicted octanol–water partition coefficient (Wildman–Crippen LogP) is 3.24. The number of hydrogen-bond acceptors (Lipinski definition) is 3. The Labute approximate surface area is 126 Å². The number of nitrogens with two attached hydrogens (primary N) is 1. The molecule has 0 fully saturated rings. The summed E-state index contributed by atoms with van der Waals surface area (Å²) >= 11 is 0. The molecule has 0 saturated heterocycles. The lowest BCUT2D eigenvalue weighted by Gasteiger charge is -2.33. The number of fused-ring (bicyclic) bond motifs is 1. The first-order valence-corrected chi connectivity index (χ1v) is 7.41. The van der Waals surface area contributed by atoms with Gasteiger partial charge in [0, 0.05) is 5.56 Å². The number of nitrogens with one attached hydrogen (secondary N) is 1. The second-order valence-electron chi connectivity index (χ2n) is 5.80. The summed E-state index contributed by atoms with van der Waals surface area (Å²) < 4.78 is 5.52. The summed E-state index contributed by atoms with van der Waals surface area (Å²) in [5, 5.41) is 0. The van der Waals surface area contributed by atoms with Crippen molar-refractivity contribution >= 4 is 0 Å². The van der Waals surface area contributed by atoms with Crippen LogP contribution in [-0.2, 0) is 6.42 Å². The van der Waals surface area contributed by atoms with E-state index in [4.69, 9.17) is 10.6 Å². The molecule has 2 unspecified atom stereocenters. The lowest BCUT2D eigenvalue weighted by Crippen LogP contribution is -2.31. The first-order valence-electron chi connectivity index (χ1n) is 7.41. The van der Waals surface area contributed by atoms with Crippen molar-refractivity contribution in [1.29, 1.82) is 0 Å². The maximum atomic E-state index is 5.81. The standard InChI is InChI=1S/C18H22N2O/c1-12-7-8-16(18(9-12)21-2)17(20-19)11-14-10-13-5-3-4-6-15(13)14/h3-9,14,17,20H,10-11,19H2,1-2H3. The van der Waals surface area contributed by atoms with E-state index in [9.17, 15) is 0 Å². The van der Waals surface area contributed by atoms with Crippen molar-refractivity contribution in [1.82, 2.24) is 5.43 Å². The number of rotatable bonds is 5. The van der Waals surface area contributed by atoms with Gasteiger partial charge in [0.25, 0.3) is 0 Å². The van der Waals surface area contributed by atoms with Crippen LogP contribution in [0.3, 0.4) is 0 Å². The molecule has 0 aromatic heterocycles.